The van der Waals surface area contributed by atoms with Gasteiger partial charge in [-0.25, -0.2) is 13.1 Å². The molecule has 33 heavy (non-hydrogen) atoms. The predicted octanol–water partition coefficient (Wildman–Crippen LogP) is 4.30. The summed E-state index contributed by atoms with van der Waals surface area (Å²) in [7, 11) is -3.63. The lowest BCUT2D eigenvalue weighted by Crippen LogP contribution is -2.31. The minimum absolute atomic E-state index is 0.0690. The number of amides is 1. The van der Waals surface area contributed by atoms with E-state index >= 15 is 0 Å². The van der Waals surface area contributed by atoms with Crippen LogP contribution in [0.5, 0.6) is 0 Å². The highest BCUT2D eigenvalue weighted by molar-refractivity contribution is 7.89. The van der Waals surface area contributed by atoms with Gasteiger partial charge < -0.3 is 10.1 Å². The third kappa shape index (κ3) is 6.28. The third-order valence-corrected chi connectivity index (χ3v) is 7.21. The number of sulfonamides is 1. The van der Waals surface area contributed by atoms with Gasteiger partial charge in [-0.1, -0.05) is 60.7 Å². The first-order valence-corrected chi connectivity index (χ1v) is 12.6. The first kappa shape index (κ1) is 23.2. The molecule has 4 rings (SSSR count). The van der Waals surface area contributed by atoms with Crippen LogP contribution in [0, 0.1) is 0 Å². The molecule has 3 aromatic rings. The predicted molar refractivity (Wildman–Crippen MR) is 129 cm³/mol. The van der Waals surface area contributed by atoms with Crippen molar-refractivity contribution in [1.29, 1.82) is 0 Å². The van der Waals surface area contributed by atoms with Crippen LogP contribution in [0.3, 0.4) is 0 Å². The molecule has 0 spiro atoms. The summed E-state index contributed by atoms with van der Waals surface area (Å²) in [4.78, 5) is 13.0. The minimum atomic E-state index is -3.63. The third-order valence-electron chi connectivity index (χ3n) is 5.77. The van der Waals surface area contributed by atoms with Gasteiger partial charge in [0, 0.05) is 31.2 Å². The molecule has 0 aliphatic carbocycles. The molecule has 1 aliphatic heterocycles. The van der Waals surface area contributed by atoms with Crippen molar-refractivity contribution in [3.05, 3.63) is 96.1 Å². The number of anilines is 1. The molecule has 1 fully saturated rings. The zero-order valence-electron chi connectivity index (χ0n) is 18.3. The highest BCUT2D eigenvalue weighted by atomic mass is 32.2. The number of ether oxygens (including phenoxy) is 1. The van der Waals surface area contributed by atoms with Crippen LogP contribution in [0.2, 0.25) is 0 Å². The molecule has 1 amide bonds. The second-order valence-electron chi connectivity index (χ2n) is 8.14. The van der Waals surface area contributed by atoms with Crippen LogP contribution in [-0.4, -0.2) is 33.6 Å². The van der Waals surface area contributed by atoms with Gasteiger partial charge in [0.25, 0.3) is 0 Å². The lowest BCUT2D eigenvalue weighted by molar-refractivity contribution is -0.116. The Morgan fingerprint density at radius 1 is 0.909 bits per heavy atom. The standard InChI is InChI=1S/C26H28N2O4S/c29-26(18-25(20-8-3-1-4-9-20)21-10-5-2-6-11-21)28-22-13-15-24(16-14-22)33(30,31)27-19-23-12-7-17-32-23/h1-6,8-11,13-16,23,25,27H,7,12,17-19H2,(H,28,29)/t23-/m0/s1. The number of rotatable bonds is 9. The van der Waals surface area contributed by atoms with Crippen molar-refractivity contribution in [1.82, 2.24) is 4.72 Å². The Morgan fingerprint density at radius 2 is 1.52 bits per heavy atom. The van der Waals surface area contributed by atoms with Crippen LogP contribution in [0.1, 0.15) is 36.3 Å². The number of hydrogen-bond acceptors (Lipinski definition) is 4. The fraction of sp³-hybridized carbons (Fsp3) is 0.269. The van der Waals surface area contributed by atoms with Gasteiger partial charge in [0.15, 0.2) is 0 Å². The zero-order chi connectivity index (χ0) is 23.1. The first-order valence-electron chi connectivity index (χ1n) is 11.1. The van der Waals surface area contributed by atoms with E-state index in [1.54, 1.807) is 12.1 Å². The van der Waals surface area contributed by atoms with E-state index in [4.69, 9.17) is 4.74 Å². The van der Waals surface area contributed by atoms with Crippen molar-refractivity contribution in [2.75, 3.05) is 18.5 Å². The molecule has 0 unspecified atom stereocenters. The fourth-order valence-corrected chi connectivity index (χ4v) is 5.07. The second kappa shape index (κ2) is 10.7. The Bertz CT molecular complexity index is 1100. The lowest BCUT2D eigenvalue weighted by Gasteiger charge is -2.18. The molecule has 0 bridgehead atoms. The quantitative estimate of drug-likeness (QED) is 0.494. The van der Waals surface area contributed by atoms with Crippen LogP contribution < -0.4 is 10.0 Å². The Labute approximate surface area is 195 Å². The van der Waals surface area contributed by atoms with E-state index in [1.807, 2.05) is 60.7 Å². The van der Waals surface area contributed by atoms with E-state index in [0.717, 1.165) is 24.0 Å². The Balaban J connectivity index is 1.40. The SMILES string of the molecule is O=C(CC(c1ccccc1)c1ccccc1)Nc1ccc(S(=O)(=O)NC[C@@H]2CCCO2)cc1. The summed E-state index contributed by atoms with van der Waals surface area (Å²) in [5.74, 6) is -0.214. The summed E-state index contributed by atoms with van der Waals surface area (Å²) in [5, 5.41) is 2.89. The van der Waals surface area contributed by atoms with Crippen molar-refractivity contribution >= 4 is 21.6 Å². The maximum absolute atomic E-state index is 12.8. The van der Waals surface area contributed by atoms with Crippen molar-refractivity contribution in [3.8, 4) is 0 Å². The molecule has 7 heteroatoms. The van der Waals surface area contributed by atoms with Gasteiger partial charge in [-0.05, 0) is 48.2 Å². The molecule has 0 aromatic heterocycles. The summed E-state index contributed by atoms with van der Waals surface area (Å²) in [6.07, 6.45) is 2.02. The first-order chi connectivity index (χ1) is 16.0. The van der Waals surface area contributed by atoms with Crippen molar-refractivity contribution in [2.24, 2.45) is 0 Å². The van der Waals surface area contributed by atoms with Gasteiger partial charge in [0.1, 0.15) is 0 Å². The average Bonchev–Trinajstić information content (AvgIpc) is 3.37. The minimum Gasteiger partial charge on any atom is -0.377 e. The molecule has 1 saturated heterocycles. The summed E-state index contributed by atoms with van der Waals surface area (Å²) in [5.41, 5.74) is 2.69. The summed E-state index contributed by atoms with van der Waals surface area (Å²) < 4.78 is 33.1. The van der Waals surface area contributed by atoms with Crippen molar-refractivity contribution in [2.45, 2.75) is 36.2 Å². The van der Waals surface area contributed by atoms with E-state index in [-0.39, 0.29) is 35.8 Å². The van der Waals surface area contributed by atoms with E-state index in [1.165, 1.54) is 12.1 Å². The van der Waals surface area contributed by atoms with Crippen LogP contribution in [0.4, 0.5) is 5.69 Å². The second-order valence-corrected chi connectivity index (χ2v) is 9.90. The largest absolute Gasteiger partial charge is 0.377 e. The number of nitrogens with one attached hydrogen (secondary N) is 2. The van der Waals surface area contributed by atoms with Gasteiger partial charge in [-0.2, -0.15) is 0 Å². The maximum Gasteiger partial charge on any atom is 0.240 e. The van der Waals surface area contributed by atoms with Gasteiger partial charge in [-0.15, -0.1) is 0 Å². The Kier molecular flexibility index (Phi) is 7.54. The fourth-order valence-electron chi connectivity index (χ4n) is 4.00. The molecular weight excluding hydrogens is 436 g/mol. The number of benzene rings is 3. The Morgan fingerprint density at radius 3 is 2.06 bits per heavy atom. The molecule has 1 heterocycles. The summed E-state index contributed by atoms with van der Waals surface area (Å²) >= 11 is 0. The average molecular weight is 465 g/mol. The maximum atomic E-state index is 12.8. The van der Waals surface area contributed by atoms with E-state index < -0.39 is 10.0 Å². The van der Waals surface area contributed by atoms with Gasteiger partial charge >= 0.3 is 0 Å². The molecule has 0 radical (unpaired) electrons. The lowest BCUT2D eigenvalue weighted by atomic mass is 9.88. The molecule has 3 aromatic carbocycles. The molecular formula is C26H28N2O4S. The van der Waals surface area contributed by atoms with E-state index in [2.05, 4.69) is 10.0 Å². The molecule has 6 nitrogen and oxygen atoms in total. The van der Waals surface area contributed by atoms with Crippen LogP contribution in [-0.2, 0) is 19.6 Å². The zero-order valence-corrected chi connectivity index (χ0v) is 19.1. The highest BCUT2D eigenvalue weighted by Crippen LogP contribution is 2.28. The summed E-state index contributed by atoms with van der Waals surface area (Å²) in [6.45, 7) is 0.942. The van der Waals surface area contributed by atoms with Crippen LogP contribution in [0.25, 0.3) is 0 Å². The number of hydrogen-bond donors (Lipinski definition) is 2. The van der Waals surface area contributed by atoms with Gasteiger partial charge in [-0.3, -0.25) is 4.79 Å². The molecule has 172 valence electrons. The summed E-state index contributed by atoms with van der Waals surface area (Å²) in [6, 6.07) is 26.1. The molecule has 1 aliphatic rings. The van der Waals surface area contributed by atoms with Gasteiger partial charge in [0.05, 0.1) is 11.0 Å². The normalized spacial score (nSPS) is 16.1. The number of carbonyl (C=O) groups excluding carboxylic acids is 1. The van der Waals surface area contributed by atoms with Crippen LogP contribution in [0.15, 0.2) is 89.8 Å². The van der Waals surface area contributed by atoms with Gasteiger partial charge in [0.2, 0.25) is 15.9 Å². The number of carbonyl (C=O) groups is 1. The molecule has 2 N–H and O–H groups in total. The van der Waals surface area contributed by atoms with Crippen molar-refractivity contribution in [3.63, 3.8) is 0 Å². The van der Waals surface area contributed by atoms with E-state index in [9.17, 15) is 13.2 Å². The smallest absolute Gasteiger partial charge is 0.240 e. The molecule has 1 atom stereocenters. The highest BCUT2D eigenvalue weighted by Gasteiger charge is 2.21. The van der Waals surface area contributed by atoms with E-state index in [0.29, 0.717) is 12.3 Å². The van der Waals surface area contributed by atoms with Crippen LogP contribution >= 0.6 is 0 Å². The Hall–Kier alpha value is -3.00. The topological polar surface area (TPSA) is 84.5 Å². The van der Waals surface area contributed by atoms with Crippen molar-refractivity contribution < 1.29 is 17.9 Å². The molecule has 0 saturated carbocycles. The monoisotopic (exact) mass is 464 g/mol.